The normalized spacial score (nSPS) is 11.6. The van der Waals surface area contributed by atoms with Crippen molar-refractivity contribution < 1.29 is 8.42 Å². The maximum atomic E-state index is 12.2. The molecule has 0 amide bonds. The zero-order valence-electron chi connectivity index (χ0n) is 10.7. The van der Waals surface area contributed by atoms with E-state index in [-0.39, 0.29) is 16.5 Å². The molecule has 0 aliphatic rings. The van der Waals surface area contributed by atoms with Crippen LogP contribution < -0.4 is 4.72 Å². The molecule has 106 valence electrons. The lowest BCUT2D eigenvalue weighted by Crippen LogP contribution is -2.23. The first kappa shape index (κ1) is 15.3. The van der Waals surface area contributed by atoms with Gasteiger partial charge in [0, 0.05) is 11.6 Å². The first-order valence-electron chi connectivity index (χ1n) is 5.89. The van der Waals surface area contributed by atoms with E-state index in [4.69, 9.17) is 23.2 Å². The smallest absolute Gasteiger partial charge is 0.207 e. The fourth-order valence-corrected chi connectivity index (χ4v) is 3.44. The summed E-state index contributed by atoms with van der Waals surface area (Å²) < 4.78 is 26.8. The van der Waals surface area contributed by atoms with Crippen LogP contribution in [-0.2, 0) is 16.6 Å². The minimum atomic E-state index is -3.66. The van der Waals surface area contributed by atoms with Crippen LogP contribution in [0.4, 0.5) is 0 Å². The fraction of sp³-hybridized carbons (Fsp3) is 0.143. The van der Waals surface area contributed by atoms with Crippen LogP contribution in [0.3, 0.4) is 0 Å². The number of aryl methyl sites for hydroxylation is 1. The average Bonchev–Trinajstić information content (AvgIpc) is 2.37. The van der Waals surface area contributed by atoms with E-state index in [9.17, 15) is 8.42 Å². The molecular weight excluding hydrogens is 317 g/mol. The van der Waals surface area contributed by atoms with Gasteiger partial charge in [-0.1, -0.05) is 53.0 Å². The predicted octanol–water partition coefficient (Wildman–Crippen LogP) is 3.78. The molecule has 0 aliphatic heterocycles. The Hall–Kier alpha value is -1.07. The largest absolute Gasteiger partial charge is 0.242 e. The van der Waals surface area contributed by atoms with Crippen molar-refractivity contribution in [3.63, 3.8) is 0 Å². The molecule has 2 aromatic carbocycles. The van der Waals surface area contributed by atoms with E-state index in [1.807, 2.05) is 31.2 Å². The lowest BCUT2D eigenvalue weighted by Gasteiger charge is -2.09. The van der Waals surface area contributed by atoms with Crippen molar-refractivity contribution >= 4 is 33.2 Å². The van der Waals surface area contributed by atoms with E-state index < -0.39 is 10.0 Å². The first-order valence-corrected chi connectivity index (χ1v) is 8.13. The molecule has 2 rings (SSSR count). The summed E-state index contributed by atoms with van der Waals surface area (Å²) in [5.41, 5.74) is 2.00. The highest BCUT2D eigenvalue weighted by Gasteiger charge is 2.17. The van der Waals surface area contributed by atoms with E-state index in [1.165, 1.54) is 18.2 Å². The highest BCUT2D eigenvalue weighted by atomic mass is 35.5. The van der Waals surface area contributed by atoms with Crippen molar-refractivity contribution in [2.24, 2.45) is 0 Å². The molecule has 1 N–H and O–H groups in total. The monoisotopic (exact) mass is 329 g/mol. The van der Waals surface area contributed by atoms with Gasteiger partial charge >= 0.3 is 0 Å². The van der Waals surface area contributed by atoms with Crippen LogP contribution in [0.1, 0.15) is 11.1 Å². The molecule has 0 spiro atoms. The molecule has 0 aromatic heterocycles. The van der Waals surface area contributed by atoms with Crippen LogP contribution in [-0.4, -0.2) is 8.42 Å². The highest BCUT2D eigenvalue weighted by Crippen LogP contribution is 2.24. The zero-order valence-corrected chi connectivity index (χ0v) is 13.1. The zero-order chi connectivity index (χ0) is 14.8. The Bertz CT molecular complexity index is 712. The van der Waals surface area contributed by atoms with Crippen LogP contribution >= 0.6 is 23.2 Å². The SMILES string of the molecule is Cc1ccc(CNS(=O)(=O)c2ccc(Cl)cc2Cl)cc1. The van der Waals surface area contributed by atoms with Crippen molar-refractivity contribution in [3.05, 3.63) is 63.6 Å². The Morgan fingerprint density at radius 2 is 1.70 bits per heavy atom. The molecule has 0 aliphatic carbocycles. The maximum Gasteiger partial charge on any atom is 0.242 e. The van der Waals surface area contributed by atoms with Crippen molar-refractivity contribution in [2.45, 2.75) is 18.4 Å². The Morgan fingerprint density at radius 3 is 2.30 bits per heavy atom. The predicted molar refractivity (Wildman–Crippen MR) is 81.7 cm³/mol. The summed E-state index contributed by atoms with van der Waals surface area (Å²) in [4.78, 5) is 0.0238. The molecule has 0 atom stereocenters. The van der Waals surface area contributed by atoms with E-state index in [1.54, 1.807) is 0 Å². The molecule has 6 heteroatoms. The first-order chi connectivity index (χ1) is 9.38. The van der Waals surface area contributed by atoms with Gasteiger partial charge in [-0.15, -0.1) is 0 Å². The Morgan fingerprint density at radius 1 is 1.05 bits per heavy atom. The number of sulfonamides is 1. The number of nitrogens with one attached hydrogen (secondary N) is 1. The number of halogens is 2. The van der Waals surface area contributed by atoms with Crippen molar-refractivity contribution in [2.75, 3.05) is 0 Å². The van der Waals surface area contributed by atoms with Gasteiger partial charge in [0.2, 0.25) is 10.0 Å². The summed E-state index contributed by atoms with van der Waals surface area (Å²) in [6.07, 6.45) is 0. The van der Waals surface area contributed by atoms with Crippen molar-refractivity contribution in [1.29, 1.82) is 0 Å². The van der Waals surface area contributed by atoms with E-state index >= 15 is 0 Å². The molecule has 0 saturated heterocycles. The summed E-state index contributed by atoms with van der Waals surface area (Å²) in [5, 5.41) is 0.501. The number of hydrogen-bond acceptors (Lipinski definition) is 2. The van der Waals surface area contributed by atoms with Crippen LogP contribution in [0.25, 0.3) is 0 Å². The van der Waals surface area contributed by atoms with Gasteiger partial charge in [-0.2, -0.15) is 0 Å². The topological polar surface area (TPSA) is 46.2 Å². The van der Waals surface area contributed by atoms with Crippen LogP contribution in [0, 0.1) is 6.92 Å². The Balaban J connectivity index is 2.17. The van der Waals surface area contributed by atoms with Gasteiger partial charge in [-0.3, -0.25) is 0 Å². The van der Waals surface area contributed by atoms with Gasteiger partial charge in [0.25, 0.3) is 0 Å². The second-order valence-electron chi connectivity index (χ2n) is 4.38. The summed E-state index contributed by atoms with van der Waals surface area (Å²) in [6, 6.07) is 11.9. The van der Waals surface area contributed by atoms with Crippen LogP contribution in [0.15, 0.2) is 47.4 Å². The molecule has 0 unspecified atom stereocenters. The standard InChI is InChI=1S/C14H13Cl2NO2S/c1-10-2-4-11(5-3-10)9-17-20(18,19)14-7-6-12(15)8-13(14)16/h2-8,17H,9H2,1H3. The number of hydrogen-bond donors (Lipinski definition) is 1. The lowest BCUT2D eigenvalue weighted by molar-refractivity contribution is 0.581. The number of rotatable bonds is 4. The second kappa shape index (κ2) is 6.14. The van der Waals surface area contributed by atoms with Crippen molar-refractivity contribution in [1.82, 2.24) is 4.72 Å². The molecule has 0 radical (unpaired) electrons. The minimum Gasteiger partial charge on any atom is -0.207 e. The summed E-state index contributed by atoms with van der Waals surface area (Å²) in [7, 11) is -3.66. The van der Waals surface area contributed by atoms with Crippen LogP contribution in [0.5, 0.6) is 0 Å². The molecule has 0 saturated carbocycles. The molecular formula is C14H13Cl2NO2S. The lowest BCUT2D eigenvalue weighted by atomic mass is 10.2. The third-order valence-corrected chi connectivity index (χ3v) is 4.89. The van der Waals surface area contributed by atoms with Gasteiger partial charge in [-0.25, -0.2) is 13.1 Å². The molecule has 2 aromatic rings. The van der Waals surface area contributed by atoms with E-state index in [2.05, 4.69) is 4.72 Å². The third-order valence-electron chi connectivity index (χ3n) is 2.77. The van der Waals surface area contributed by atoms with Crippen LogP contribution in [0.2, 0.25) is 10.0 Å². The summed E-state index contributed by atoms with van der Waals surface area (Å²) in [5.74, 6) is 0. The molecule has 20 heavy (non-hydrogen) atoms. The van der Waals surface area contributed by atoms with Gasteiger partial charge in [0.15, 0.2) is 0 Å². The quantitative estimate of drug-likeness (QED) is 0.927. The summed E-state index contributed by atoms with van der Waals surface area (Å²) >= 11 is 11.7. The molecule has 0 fully saturated rings. The summed E-state index contributed by atoms with van der Waals surface area (Å²) in [6.45, 7) is 2.18. The van der Waals surface area contributed by atoms with Gasteiger partial charge in [-0.05, 0) is 30.7 Å². The molecule has 0 heterocycles. The second-order valence-corrected chi connectivity index (χ2v) is 6.96. The fourth-order valence-electron chi connectivity index (χ4n) is 1.66. The molecule has 3 nitrogen and oxygen atoms in total. The van der Waals surface area contributed by atoms with E-state index in [0.717, 1.165) is 11.1 Å². The average molecular weight is 330 g/mol. The van der Waals surface area contributed by atoms with Crippen molar-refractivity contribution in [3.8, 4) is 0 Å². The maximum absolute atomic E-state index is 12.2. The molecule has 0 bridgehead atoms. The third kappa shape index (κ3) is 3.73. The Kier molecular flexibility index (Phi) is 4.70. The minimum absolute atomic E-state index is 0.0238. The van der Waals surface area contributed by atoms with Gasteiger partial charge in [0.1, 0.15) is 4.90 Å². The van der Waals surface area contributed by atoms with E-state index in [0.29, 0.717) is 5.02 Å². The van der Waals surface area contributed by atoms with Gasteiger partial charge in [0.05, 0.1) is 5.02 Å². The highest BCUT2D eigenvalue weighted by molar-refractivity contribution is 7.89. The number of benzene rings is 2. The van der Waals surface area contributed by atoms with Gasteiger partial charge < -0.3 is 0 Å². The Labute approximate surface area is 128 Å².